The molecule has 1 aromatic heterocycles. The molecule has 1 aliphatic heterocycles. The molecule has 0 N–H and O–H groups in total. The van der Waals surface area contributed by atoms with Crippen molar-refractivity contribution in [1.82, 2.24) is 9.78 Å². The Bertz CT molecular complexity index is 595. The third-order valence-electron chi connectivity index (χ3n) is 3.16. The van der Waals surface area contributed by atoms with E-state index in [2.05, 4.69) is 21.0 Å². The summed E-state index contributed by atoms with van der Waals surface area (Å²) in [6, 6.07) is 1.41. The summed E-state index contributed by atoms with van der Waals surface area (Å²) in [6.45, 7) is 0.725. The highest BCUT2D eigenvalue weighted by molar-refractivity contribution is 9.10. The second kappa shape index (κ2) is 4.79. The van der Waals surface area contributed by atoms with E-state index >= 15 is 0 Å². The summed E-state index contributed by atoms with van der Waals surface area (Å²) < 4.78 is 21.6. The van der Waals surface area contributed by atoms with Crippen LogP contribution in [0.5, 0.6) is 0 Å². The third kappa shape index (κ3) is 1.94. The van der Waals surface area contributed by atoms with Crippen molar-refractivity contribution in [2.45, 2.75) is 25.5 Å². The molecule has 0 spiro atoms. The Kier molecular flexibility index (Phi) is 3.30. The van der Waals surface area contributed by atoms with Crippen LogP contribution in [0, 0.1) is 5.82 Å². The van der Waals surface area contributed by atoms with E-state index in [0.717, 1.165) is 31.3 Å². The van der Waals surface area contributed by atoms with E-state index in [1.165, 1.54) is 6.07 Å². The summed E-state index contributed by atoms with van der Waals surface area (Å²) >= 11 is 9.16. The fourth-order valence-corrected chi connectivity index (χ4v) is 2.89. The van der Waals surface area contributed by atoms with Gasteiger partial charge in [0.2, 0.25) is 0 Å². The predicted molar refractivity (Wildman–Crippen MR) is 71.2 cm³/mol. The molecule has 2 aromatic rings. The Morgan fingerprint density at radius 3 is 3.06 bits per heavy atom. The van der Waals surface area contributed by atoms with Crippen LogP contribution < -0.4 is 0 Å². The molecule has 0 saturated carbocycles. The highest BCUT2D eigenvalue weighted by atomic mass is 79.9. The van der Waals surface area contributed by atoms with Gasteiger partial charge in [0.25, 0.3) is 0 Å². The maximum absolute atomic E-state index is 13.7. The van der Waals surface area contributed by atoms with E-state index < -0.39 is 5.82 Å². The highest BCUT2D eigenvalue weighted by Gasteiger charge is 2.21. The zero-order valence-electron chi connectivity index (χ0n) is 9.50. The number of rotatable bonds is 1. The average Bonchev–Trinajstić information content (AvgIpc) is 2.81. The van der Waals surface area contributed by atoms with Crippen LogP contribution in [0.3, 0.4) is 0 Å². The van der Waals surface area contributed by atoms with Crippen molar-refractivity contribution in [2.24, 2.45) is 0 Å². The van der Waals surface area contributed by atoms with Crippen LogP contribution >= 0.6 is 27.5 Å². The summed E-state index contributed by atoms with van der Waals surface area (Å²) in [4.78, 5) is 0. The van der Waals surface area contributed by atoms with E-state index in [4.69, 9.17) is 16.3 Å². The largest absolute Gasteiger partial charge is 0.356 e. The van der Waals surface area contributed by atoms with Gasteiger partial charge >= 0.3 is 0 Å². The summed E-state index contributed by atoms with van der Waals surface area (Å²) in [6.07, 6.45) is 4.65. The molecular formula is C12H11BrClFN2O. The zero-order chi connectivity index (χ0) is 12.7. The number of nitrogens with zero attached hydrogens (tertiary/aromatic N) is 2. The summed E-state index contributed by atoms with van der Waals surface area (Å²) in [5, 5.41) is 5.19. The van der Waals surface area contributed by atoms with Gasteiger partial charge in [0.15, 0.2) is 6.23 Å². The number of hydrogen-bond acceptors (Lipinski definition) is 2. The maximum Gasteiger partial charge on any atom is 0.150 e. The normalized spacial score (nSPS) is 20.5. The van der Waals surface area contributed by atoms with Gasteiger partial charge in [0.05, 0.1) is 21.2 Å². The average molecular weight is 334 g/mol. The second-order valence-corrected chi connectivity index (χ2v) is 5.50. The van der Waals surface area contributed by atoms with Crippen molar-refractivity contribution in [1.29, 1.82) is 0 Å². The van der Waals surface area contributed by atoms with Gasteiger partial charge in [-0.15, -0.1) is 0 Å². The quantitative estimate of drug-likeness (QED) is 0.728. The molecule has 96 valence electrons. The number of hydrogen-bond donors (Lipinski definition) is 0. The van der Waals surface area contributed by atoms with Gasteiger partial charge in [0, 0.05) is 18.1 Å². The molecule has 0 radical (unpaired) electrons. The molecule has 18 heavy (non-hydrogen) atoms. The first-order chi connectivity index (χ1) is 8.68. The van der Waals surface area contributed by atoms with Crippen molar-refractivity contribution in [3.8, 4) is 0 Å². The van der Waals surface area contributed by atoms with Crippen molar-refractivity contribution < 1.29 is 9.13 Å². The first-order valence-corrected chi connectivity index (χ1v) is 6.98. The minimum Gasteiger partial charge on any atom is -0.356 e. The Morgan fingerprint density at radius 1 is 1.50 bits per heavy atom. The Hall–Kier alpha value is -0.650. The van der Waals surface area contributed by atoms with Gasteiger partial charge in [-0.25, -0.2) is 9.07 Å². The van der Waals surface area contributed by atoms with Crippen LogP contribution in [0.2, 0.25) is 5.02 Å². The second-order valence-electron chi connectivity index (χ2n) is 4.33. The number of benzene rings is 1. The molecule has 1 fully saturated rings. The molecule has 0 amide bonds. The van der Waals surface area contributed by atoms with E-state index in [0.29, 0.717) is 9.99 Å². The van der Waals surface area contributed by atoms with Gasteiger partial charge in [-0.2, -0.15) is 5.10 Å². The van der Waals surface area contributed by atoms with Crippen molar-refractivity contribution in [2.75, 3.05) is 6.61 Å². The van der Waals surface area contributed by atoms with Crippen molar-refractivity contribution >= 4 is 38.4 Å². The summed E-state index contributed by atoms with van der Waals surface area (Å²) in [7, 11) is 0. The fourth-order valence-electron chi connectivity index (χ4n) is 2.24. The number of aromatic nitrogens is 2. The molecule has 3 rings (SSSR count). The van der Waals surface area contributed by atoms with Crippen LogP contribution in [0.25, 0.3) is 10.9 Å². The molecule has 1 saturated heterocycles. The molecule has 1 aromatic carbocycles. The molecule has 0 bridgehead atoms. The van der Waals surface area contributed by atoms with Crippen molar-refractivity contribution in [3.63, 3.8) is 0 Å². The molecule has 3 nitrogen and oxygen atoms in total. The smallest absolute Gasteiger partial charge is 0.150 e. The molecule has 6 heteroatoms. The lowest BCUT2D eigenvalue weighted by molar-refractivity contribution is -0.0366. The number of fused-ring (bicyclic) bond motifs is 1. The van der Waals surface area contributed by atoms with Crippen LogP contribution in [0.4, 0.5) is 4.39 Å². The van der Waals surface area contributed by atoms with Crippen LogP contribution in [-0.2, 0) is 4.74 Å². The maximum atomic E-state index is 13.7. The topological polar surface area (TPSA) is 27.1 Å². The lowest BCUT2D eigenvalue weighted by Crippen LogP contribution is -2.19. The highest BCUT2D eigenvalue weighted by Crippen LogP contribution is 2.35. The minimum atomic E-state index is -0.450. The Labute approximate surface area is 117 Å². The SMILES string of the molecule is Fc1cc2c(cnn2C2CCCCO2)c(Br)c1Cl. The predicted octanol–water partition coefficient (Wildman–Crippen LogP) is 4.29. The third-order valence-corrected chi connectivity index (χ3v) is 4.59. The first-order valence-electron chi connectivity index (χ1n) is 5.81. The molecule has 1 unspecified atom stereocenters. The number of halogens is 3. The van der Waals surface area contributed by atoms with Crippen LogP contribution in [-0.4, -0.2) is 16.4 Å². The molecule has 0 aliphatic carbocycles. The van der Waals surface area contributed by atoms with Crippen molar-refractivity contribution in [3.05, 3.63) is 27.6 Å². The monoisotopic (exact) mass is 332 g/mol. The number of ether oxygens (including phenoxy) is 1. The van der Waals surface area contributed by atoms with Gasteiger partial charge in [-0.1, -0.05) is 11.6 Å². The lowest BCUT2D eigenvalue weighted by Gasteiger charge is -2.23. The van der Waals surface area contributed by atoms with E-state index in [1.807, 2.05) is 0 Å². The molecule has 2 heterocycles. The summed E-state index contributed by atoms with van der Waals surface area (Å²) in [5.41, 5.74) is 0.704. The van der Waals surface area contributed by atoms with E-state index in [1.54, 1.807) is 10.9 Å². The minimum absolute atomic E-state index is 0.0895. The van der Waals surface area contributed by atoms with Gasteiger partial charge in [-0.05, 0) is 35.2 Å². The van der Waals surface area contributed by atoms with Crippen LogP contribution in [0.15, 0.2) is 16.7 Å². The fraction of sp³-hybridized carbons (Fsp3) is 0.417. The Morgan fingerprint density at radius 2 is 2.33 bits per heavy atom. The molecule has 1 aliphatic rings. The van der Waals surface area contributed by atoms with E-state index in [-0.39, 0.29) is 11.3 Å². The van der Waals surface area contributed by atoms with Gasteiger partial charge in [-0.3, -0.25) is 0 Å². The van der Waals surface area contributed by atoms with Gasteiger partial charge in [0.1, 0.15) is 5.82 Å². The zero-order valence-corrected chi connectivity index (χ0v) is 11.8. The van der Waals surface area contributed by atoms with E-state index in [9.17, 15) is 4.39 Å². The molecular weight excluding hydrogens is 322 g/mol. The summed E-state index contributed by atoms with van der Waals surface area (Å²) in [5.74, 6) is -0.450. The molecule has 1 atom stereocenters. The first kappa shape index (κ1) is 12.4. The Balaban J connectivity index is 2.13. The van der Waals surface area contributed by atoms with Crippen LogP contribution in [0.1, 0.15) is 25.5 Å². The lowest BCUT2D eigenvalue weighted by atomic mass is 10.2. The standard InChI is InChI=1S/C12H11BrClFN2O/c13-11-7-6-16-17(10-3-1-2-4-18-10)9(7)5-8(15)12(11)14/h5-6,10H,1-4H2. The van der Waals surface area contributed by atoms with Gasteiger partial charge < -0.3 is 4.74 Å².